The fourth-order valence-electron chi connectivity index (χ4n) is 9.69. The van der Waals surface area contributed by atoms with Gasteiger partial charge in [0.2, 0.25) is 0 Å². The Balaban J connectivity index is 1.23. The quantitative estimate of drug-likeness (QED) is 0.0854. The Bertz CT molecular complexity index is 1760. The van der Waals surface area contributed by atoms with E-state index in [9.17, 15) is 107 Å². The molecule has 22 rings (SSSR count). The molecule has 0 saturated carbocycles. The van der Waals surface area contributed by atoms with Crippen molar-refractivity contribution in [3.8, 4) is 0 Å². The van der Waals surface area contributed by atoms with Gasteiger partial charge in [-0.3, -0.25) is 0 Å². The first-order valence-corrected chi connectivity index (χ1v) is 23.8. The smallest absolute Gasteiger partial charge is 0.335 e. The van der Waals surface area contributed by atoms with Crippen molar-refractivity contribution in [3.63, 3.8) is 0 Å². The number of esters is 1. The molecule has 0 spiro atoms. The van der Waals surface area contributed by atoms with Gasteiger partial charge in [0.05, 0.1) is 52.4 Å². The van der Waals surface area contributed by atoms with Gasteiger partial charge in [-0.2, -0.15) is 0 Å². The molecule has 436 valence electrons. The average Bonchev–Trinajstić information content (AvgIpc) is 3.40. The van der Waals surface area contributed by atoms with Crippen LogP contribution in [0.25, 0.3) is 0 Å². The van der Waals surface area contributed by atoms with Crippen molar-refractivity contribution in [2.24, 2.45) is 0 Å². The van der Waals surface area contributed by atoms with Crippen LogP contribution in [0.5, 0.6) is 0 Å². The molecular formula is C41H68O34. The topological polar surface area (TPSA) is 542 Å². The number of ether oxygens (including phenoxy) is 13. The van der Waals surface area contributed by atoms with Crippen LogP contribution in [0.15, 0.2) is 0 Å². The second-order valence-corrected chi connectivity index (χ2v) is 18.8. The molecule has 34 nitrogen and oxygen atoms in total. The first kappa shape index (κ1) is 60.8. The van der Waals surface area contributed by atoms with Crippen LogP contribution in [0, 0.1) is 0 Å². The fourth-order valence-corrected chi connectivity index (χ4v) is 9.69. The summed E-state index contributed by atoms with van der Waals surface area (Å²) in [7, 11) is 0. The molecule has 75 heavy (non-hydrogen) atoms. The van der Waals surface area contributed by atoms with Gasteiger partial charge < -0.3 is 164 Å². The monoisotopic (exact) mass is 1100 g/mol. The Morgan fingerprint density at radius 1 is 0.333 bits per heavy atom. The van der Waals surface area contributed by atoms with Crippen LogP contribution in [0.4, 0.5) is 0 Å². The highest BCUT2D eigenvalue weighted by Gasteiger charge is 2.59. The Kier molecular flexibility index (Phi) is 21.2. The minimum atomic E-state index is -2.39. The minimum absolute atomic E-state index is 0.835. The number of aliphatic hydroxyl groups is 20. The maximum absolute atomic E-state index is 13.3. The van der Waals surface area contributed by atoms with Crippen molar-refractivity contribution in [2.75, 3.05) is 46.2 Å². The molecule has 32 atom stereocenters. The van der Waals surface area contributed by atoms with E-state index in [0.717, 1.165) is 0 Å². The van der Waals surface area contributed by atoms with Crippen molar-refractivity contribution in [1.29, 1.82) is 0 Å². The van der Waals surface area contributed by atoms with Crippen LogP contribution in [0.2, 0.25) is 0 Å². The summed E-state index contributed by atoms with van der Waals surface area (Å²) in [4.78, 5) is 13.3. The molecule has 0 amide bonds. The van der Waals surface area contributed by atoms with E-state index in [1.165, 1.54) is 0 Å². The van der Waals surface area contributed by atoms with Crippen LogP contribution in [-0.2, 0) is 66.4 Å². The van der Waals surface area contributed by atoms with Gasteiger partial charge in [0, 0.05) is 6.42 Å². The van der Waals surface area contributed by atoms with E-state index in [1.54, 1.807) is 0 Å². The molecule has 0 aromatic rings. The number of hydrogen-bond donors (Lipinski definition) is 20. The van der Waals surface area contributed by atoms with E-state index in [0.29, 0.717) is 0 Å². The van der Waals surface area contributed by atoms with Gasteiger partial charge in [-0.05, 0) is 0 Å². The van der Waals surface area contributed by atoms with Gasteiger partial charge in [0.25, 0.3) is 0 Å². The number of hydrogen-bond acceptors (Lipinski definition) is 34. The number of carbonyl (C=O) groups is 1. The second kappa shape index (κ2) is 26.2. The van der Waals surface area contributed by atoms with Gasteiger partial charge in [-0.15, -0.1) is 0 Å². The lowest BCUT2D eigenvalue weighted by atomic mass is 9.94. The third-order valence-electron chi connectivity index (χ3n) is 13.9. The highest BCUT2D eigenvalue weighted by molar-refractivity contribution is 5.74. The van der Waals surface area contributed by atoms with Gasteiger partial charge in [-0.1, -0.05) is 0 Å². The Morgan fingerprint density at radius 3 is 0.800 bits per heavy atom. The molecular weight excluding hydrogens is 1040 g/mol. The van der Waals surface area contributed by atoms with Crippen LogP contribution in [0.3, 0.4) is 0 Å². The normalized spacial score (nSPS) is 50.9. The Hall–Kier alpha value is -1.81. The van der Waals surface area contributed by atoms with E-state index < -0.39 is 255 Å². The van der Waals surface area contributed by atoms with E-state index >= 15 is 0 Å². The highest BCUT2D eigenvalue weighted by atomic mass is 16.8. The number of aliphatic hydroxyl groups excluding tert-OH is 20. The first-order chi connectivity index (χ1) is 35.7. The lowest BCUT2D eigenvalue weighted by molar-refractivity contribution is -0.404. The molecule has 0 aromatic heterocycles. The first-order valence-electron chi connectivity index (χ1n) is 23.8. The number of rotatable bonds is 11. The molecule has 0 aromatic carbocycles. The van der Waals surface area contributed by atoms with Crippen LogP contribution in [-0.4, -0.2) is 351 Å². The molecule has 22 heterocycles. The van der Waals surface area contributed by atoms with Gasteiger partial charge in [-0.25, -0.2) is 4.79 Å². The molecule has 22 fully saturated rings. The van der Waals surface area contributed by atoms with E-state index in [-0.39, 0.29) is 0 Å². The molecule has 0 radical (unpaired) electrons. The van der Waals surface area contributed by atoms with Crippen LogP contribution < -0.4 is 0 Å². The predicted octanol–water partition coefficient (Wildman–Crippen LogP) is -14.4. The fraction of sp³-hybridized carbons (Fsp3) is 0.976. The summed E-state index contributed by atoms with van der Waals surface area (Å²) in [5.74, 6) is -1.62. The zero-order chi connectivity index (χ0) is 54.9. The minimum Gasteiger partial charge on any atom is -0.455 e. The SMILES string of the molecule is O=C(O[C@@H]1[C@@H](O)[C@H]2O[C@H]3[C@H](O)[C@@H](O)[C@@H](O[C@H]4[C@H](O)[C@@H](O)[C@@H](O[C@H]5[C@H](O)[C@@H](O)[C@@H](O[C@H]6[C@H](O)[C@@H](O)[C@@H](O[C@H]7[C@H](O)[C@@H](O)[C@@H](O[C@H]1[C@@H](CO)O2)O[C@@H]7CO)O[C@@H]6CO)O[C@@H]5CO)O[C@@H]4CO)O[C@@H]3CO)C(O)CC(O)CO. The van der Waals surface area contributed by atoms with E-state index in [2.05, 4.69) is 0 Å². The molecule has 12 bridgehead atoms. The molecule has 0 aliphatic carbocycles. The lowest BCUT2D eigenvalue weighted by Crippen LogP contribution is -2.69. The van der Waals surface area contributed by atoms with Crippen molar-refractivity contribution in [3.05, 3.63) is 0 Å². The van der Waals surface area contributed by atoms with Crippen LogP contribution >= 0.6 is 0 Å². The number of carbonyl (C=O) groups excluding carboxylic acids is 1. The summed E-state index contributed by atoms with van der Waals surface area (Å²) in [6, 6.07) is 0. The largest absolute Gasteiger partial charge is 0.455 e. The summed E-state index contributed by atoms with van der Waals surface area (Å²) in [5.41, 5.74) is 0. The molecule has 22 aliphatic rings. The lowest BCUT2D eigenvalue weighted by Gasteiger charge is -2.51. The standard InChI is InChI=1S/C41H68O34/c42-2-9(49)1-10(50)35(62)69-34-27(61)41-68-16(8-48)33(34)75-40-26(60)21(55)31(14(6-46)67-40)73-38-24(58)19(53)29(12(4-44)65-38)71-36-22(56)17(51)28(11(3-43)63-36)70-37-23(57)18(52)30(13(5-45)64-37)72-39-25(59)20(54)32(74-41)15(7-47)66-39/h9-34,36-61H,1-8H2/t9?,10?,11-,12-,13-,14-,15-,16-,17-,18-,19-,20-,21-,22-,23-,24-,25-,26-,27-,28-,29-,30-,31-,32-,33+,34-,36-,37-,38-,39-,40-,41-/m1/s1. The van der Waals surface area contributed by atoms with E-state index in [1.807, 2.05) is 0 Å². The van der Waals surface area contributed by atoms with Crippen molar-refractivity contribution < 1.29 is 169 Å². The third-order valence-corrected chi connectivity index (χ3v) is 13.9. The third kappa shape index (κ3) is 12.6. The van der Waals surface area contributed by atoms with Crippen LogP contribution in [0.1, 0.15) is 6.42 Å². The van der Waals surface area contributed by atoms with Gasteiger partial charge in [0.1, 0.15) is 140 Å². The zero-order valence-corrected chi connectivity index (χ0v) is 39.3. The van der Waals surface area contributed by atoms with E-state index in [4.69, 9.17) is 61.6 Å². The molecule has 2 unspecified atom stereocenters. The molecule has 22 aliphatic heterocycles. The molecule has 34 heteroatoms. The average molecular weight is 1100 g/mol. The van der Waals surface area contributed by atoms with Crippen molar-refractivity contribution in [1.82, 2.24) is 0 Å². The summed E-state index contributed by atoms with van der Waals surface area (Å²) in [6.45, 7) is -7.43. The summed E-state index contributed by atoms with van der Waals surface area (Å²) < 4.78 is 73.9. The summed E-state index contributed by atoms with van der Waals surface area (Å²) in [5, 5.41) is 217. The van der Waals surface area contributed by atoms with Gasteiger partial charge in [0.15, 0.2) is 49.9 Å². The second-order valence-electron chi connectivity index (χ2n) is 18.8. The summed E-state index contributed by atoms with van der Waals surface area (Å²) >= 11 is 0. The Morgan fingerprint density at radius 2 is 0.560 bits per heavy atom. The predicted molar refractivity (Wildman–Crippen MR) is 223 cm³/mol. The maximum atomic E-state index is 13.3. The molecule has 20 N–H and O–H groups in total. The van der Waals surface area contributed by atoms with Gasteiger partial charge >= 0.3 is 5.97 Å². The summed E-state index contributed by atoms with van der Waals surface area (Å²) in [6.07, 6.45) is -66.5. The van der Waals surface area contributed by atoms with Crippen molar-refractivity contribution in [2.45, 2.75) is 203 Å². The van der Waals surface area contributed by atoms with Crippen molar-refractivity contribution >= 4 is 5.97 Å². The zero-order valence-electron chi connectivity index (χ0n) is 39.3. The highest BCUT2D eigenvalue weighted by Crippen LogP contribution is 2.38. The Labute approximate surface area is 423 Å². The molecule has 22 saturated heterocycles. The maximum Gasteiger partial charge on any atom is 0.335 e.